The van der Waals surface area contributed by atoms with E-state index < -0.39 is 30.2 Å². The van der Waals surface area contributed by atoms with Crippen LogP contribution in [-0.4, -0.2) is 18.5 Å². The standard InChI is InChI=1S/C16H12F3NO4/c17-16(18,19)11-3-5-12(6-4-11)20-14(21)10-24-15(22)8-7-13-2-1-9-23-13/h1-9H,10H2,(H,20,21)/b8-7+. The van der Waals surface area contributed by atoms with Crippen molar-refractivity contribution in [3.8, 4) is 0 Å². The van der Waals surface area contributed by atoms with Crippen molar-refractivity contribution in [2.75, 3.05) is 11.9 Å². The molecule has 24 heavy (non-hydrogen) atoms. The molecule has 0 saturated heterocycles. The van der Waals surface area contributed by atoms with Gasteiger partial charge in [0, 0.05) is 11.8 Å². The zero-order valence-electron chi connectivity index (χ0n) is 12.2. The summed E-state index contributed by atoms with van der Waals surface area (Å²) in [6, 6.07) is 7.17. The van der Waals surface area contributed by atoms with Gasteiger partial charge in [0.25, 0.3) is 5.91 Å². The van der Waals surface area contributed by atoms with E-state index in [-0.39, 0.29) is 5.69 Å². The molecule has 0 radical (unpaired) electrons. The third kappa shape index (κ3) is 5.31. The number of carbonyl (C=O) groups is 2. The Morgan fingerprint density at radius 1 is 1.17 bits per heavy atom. The second-order valence-electron chi connectivity index (χ2n) is 4.58. The highest BCUT2D eigenvalue weighted by molar-refractivity contribution is 5.94. The van der Waals surface area contributed by atoms with Crippen molar-refractivity contribution in [1.29, 1.82) is 0 Å². The van der Waals surface area contributed by atoms with Gasteiger partial charge >= 0.3 is 12.1 Å². The summed E-state index contributed by atoms with van der Waals surface area (Å²) in [7, 11) is 0. The molecule has 5 nitrogen and oxygen atoms in total. The third-order valence-electron chi connectivity index (χ3n) is 2.77. The molecule has 0 fully saturated rings. The van der Waals surface area contributed by atoms with E-state index in [9.17, 15) is 22.8 Å². The Morgan fingerprint density at radius 3 is 2.46 bits per heavy atom. The number of amides is 1. The van der Waals surface area contributed by atoms with Crippen molar-refractivity contribution in [2.24, 2.45) is 0 Å². The van der Waals surface area contributed by atoms with E-state index in [4.69, 9.17) is 9.15 Å². The average Bonchev–Trinajstić information content (AvgIpc) is 3.04. The molecule has 2 rings (SSSR count). The largest absolute Gasteiger partial charge is 0.465 e. The minimum atomic E-state index is -4.45. The molecule has 0 aliphatic heterocycles. The molecule has 0 aliphatic carbocycles. The molecule has 1 amide bonds. The molecule has 0 unspecified atom stereocenters. The summed E-state index contributed by atoms with van der Waals surface area (Å²) in [5.41, 5.74) is -0.662. The van der Waals surface area contributed by atoms with Crippen LogP contribution in [0.5, 0.6) is 0 Å². The van der Waals surface area contributed by atoms with Crippen LogP contribution in [-0.2, 0) is 20.5 Å². The fraction of sp³-hybridized carbons (Fsp3) is 0.125. The maximum Gasteiger partial charge on any atom is 0.416 e. The number of halogens is 3. The topological polar surface area (TPSA) is 68.5 Å². The first-order valence-corrected chi connectivity index (χ1v) is 6.70. The van der Waals surface area contributed by atoms with Gasteiger partial charge < -0.3 is 14.5 Å². The lowest BCUT2D eigenvalue weighted by atomic mass is 10.2. The van der Waals surface area contributed by atoms with Crippen LogP contribution >= 0.6 is 0 Å². The first kappa shape index (κ1) is 17.3. The lowest BCUT2D eigenvalue weighted by molar-refractivity contribution is -0.142. The molecule has 1 heterocycles. The predicted molar refractivity (Wildman–Crippen MR) is 78.8 cm³/mol. The quantitative estimate of drug-likeness (QED) is 0.669. The van der Waals surface area contributed by atoms with Crippen molar-refractivity contribution in [2.45, 2.75) is 6.18 Å². The van der Waals surface area contributed by atoms with Gasteiger partial charge in [0.1, 0.15) is 5.76 Å². The number of anilines is 1. The Balaban J connectivity index is 1.79. The Bertz CT molecular complexity index is 719. The highest BCUT2D eigenvalue weighted by Gasteiger charge is 2.29. The van der Waals surface area contributed by atoms with Crippen LogP contribution < -0.4 is 5.32 Å². The number of carbonyl (C=O) groups excluding carboxylic acids is 2. The van der Waals surface area contributed by atoms with Crippen LogP contribution in [0.15, 0.2) is 53.2 Å². The number of esters is 1. The number of furan rings is 1. The van der Waals surface area contributed by atoms with Crippen LogP contribution in [0.3, 0.4) is 0 Å². The second-order valence-corrected chi connectivity index (χ2v) is 4.58. The Hall–Kier alpha value is -3.03. The van der Waals surface area contributed by atoms with Crippen molar-refractivity contribution >= 4 is 23.6 Å². The summed E-state index contributed by atoms with van der Waals surface area (Å²) < 4.78 is 46.9. The summed E-state index contributed by atoms with van der Waals surface area (Å²) in [4.78, 5) is 23.0. The van der Waals surface area contributed by atoms with Gasteiger partial charge in [-0.1, -0.05) is 0 Å². The number of alkyl halides is 3. The summed E-state index contributed by atoms with van der Waals surface area (Å²) in [6.45, 7) is -0.567. The van der Waals surface area contributed by atoms with Crippen LogP contribution in [0.2, 0.25) is 0 Å². The highest BCUT2D eigenvalue weighted by Crippen LogP contribution is 2.29. The van der Waals surface area contributed by atoms with Crippen molar-refractivity contribution in [3.63, 3.8) is 0 Å². The molecule has 0 atom stereocenters. The van der Waals surface area contributed by atoms with E-state index in [2.05, 4.69) is 5.32 Å². The fourth-order valence-electron chi connectivity index (χ4n) is 1.66. The summed E-state index contributed by atoms with van der Waals surface area (Å²) >= 11 is 0. The van der Waals surface area contributed by atoms with Gasteiger partial charge in [-0.2, -0.15) is 13.2 Å². The maximum atomic E-state index is 12.4. The molecule has 8 heteroatoms. The van der Waals surface area contributed by atoms with Crippen LogP contribution in [0.1, 0.15) is 11.3 Å². The van der Waals surface area contributed by atoms with Gasteiger partial charge in [-0.15, -0.1) is 0 Å². The van der Waals surface area contributed by atoms with Crippen LogP contribution in [0.4, 0.5) is 18.9 Å². The fourth-order valence-corrected chi connectivity index (χ4v) is 1.66. The lowest BCUT2D eigenvalue weighted by Crippen LogP contribution is -2.20. The lowest BCUT2D eigenvalue weighted by Gasteiger charge is -2.08. The first-order valence-electron chi connectivity index (χ1n) is 6.70. The highest BCUT2D eigenvalue weighted by atomic mass is 19.4. The predicted octanol–water partition coefficient (Wildman–Crippen LogP) is 3.49. The SMILES string of the molecule is O=C(COC(=O)/C=C/c1ccco1)Nc1ccc(C(F)(F)F)cc1. The molecule has 0 bridgehead atoms. The molecule has 0 aliphatic rings. The van der Waals surface area contributed by atoms with Gasteiger partial charge in [-0.25, -0.2) is 4.79 Å². The third-order valence-corrected chi connectivity index (χ3v) is 2.77. The van der Waals surface area contributed by atoms with Gasteiger partial charge in [0.15, 0.2) is 6.61 Å². The molecule has 1 N–H and O–H groups in total. The van der Waals surface area contributed by atoms with Crippen molar-refractivity contribution in [1.82, 2.24) is 0 Å². The second kappa shape index (κ2) is 7.49. The van der Waals surface area contributed by atoms with Crippen LogP contribution in [0, 0.1) is 0 Å². The van der Waals surface area contributed by atoms with E-state index >= 15 is 0 Å². The average molecular weight is 339 g/mol. The number of hydrogen-bond acceptors (Lipinski definition) is 4. The number of rotatable bonds is 5. The molecule has 126 valence electrons. The van der Waals surface area contributed by atoms with E-state index in [0.29, 0.717) is 5.76 Å². The summed E-state index contributed by atoms with van der Waals surface area (Å²) in [6.07, 6.45) is -0.554. The zero-order chi connectivity index (χ0) is 17.6. The summed E-state index contributed by atoms with van der Waals surface area (Å²) in [5.74, 6) is -0.982. The molecular formula is C16H12F3NO4. The Labute approximate surface area is 134 Å². The maximum absolute atomic E-state index is 12.4. The van der Waals surface area contributed by atoms with Crippen molar-refractivity contribution in [3.05, 3.63) is 60.1 Å². The number of hydrogen-bond donors (Lipinski definition) is 1. The molecule has 1 aromatic heterocycles. The number of nitrogens with one attached hydrogen (secondary N) is 1. The minimum absolute atomic E-state index is 0.162. The molecule has 2 aromatic rings. The van der Waals surface area contributed by atoms with Gasteiger partial charge in [0.05, 0.1) is 11.8 Å². The zero-order valence-corrected chi connectivity index (χ0v) is 12.2. The normalized spacial score (nSPS) is 11.5. The summed E-state index contributed by atoms with van der Waals surface area (Å²) in [5, 5.41) is 2.32. The van der Waals surface area contributed by atoms with Crippen molar-refractivity contribution < 1.29 is 31.9 Å². The Morgan fingerprint density at radius 2 is 1.88 bits per heavy atom. The first-order chi connectivity index (χ1) is 11.3. The molecular weight excluding hydrogens is 327 g/mol. The van der Waals surface area contributed by atoms with E-state index in [1.54, 1.807) is 12.1 Å². The smallest absolute Gasteiger partial charge is 0.416 e. The minimum Gasteiger partial charge on any atom is -0.465 e. The Kier molecular flexibility index (Phi) is 5.41. The van der Waals surface area contributed by atoms with Crippen LogP contribution in [0.25, 0.3) is 6.08 Å². The van der Waals surface area contributed by atoms with E-state index in [1.807, 2.05) is 0 Å². The number of benzene rings is 1. The molecule has 0 spiro atoms. The molecule has 0 saturated carbocycles. The van der Waals surface area contributed by atoms with Gasteiger partial charge in [-0.05, 0) is 42.5 Å². The number of ether oxygens (including phenoxy) is 1. The van der Waals surface area contributed by atoms with Gasteiger partial charge in [-0.3, -0.25) is 4.79 Å². The van der Waals surface area contributed by atoms with E-state index in [1.165, 1.54) is 12.3 Å². The molecule has 1 aromatic carbocycles. The van der Waals surface area contributed by atoms with Gasteiger partial charge in [0.2, 0.25) is 0 Å². The monoisotopic (exact) mass is 339 g/mol. The van der Waals surface area contributed by atoms with E-state index in [0.717, 1.165) is 30.3 Å².